The number of fused-ring (bicyclic) bond motifs is 6. The molecule has 0 spiro atoms. The van der Waals surface area contributed by atoms with Gasteiger partial charge in [-0.2, -0.15) is 0 Å². The fourth-order valence-corrected chi connectivity index (χ4v) is 7.32. The Labute approximate surface area is 213 Å². The van der Waals surface area contributed by atoms with Crippen molar-refractivity contribution in [3.05, 3.63) is 35.4 Å². The molecule has 0 amide bonds. The molecule has 5 heteroatoms. The van der Waals surface area contributed by atoms with Gasteiger partial charge in [-0.05, 0) is 49.7 Å². The summed E-state index contributed by atoms with van der Waals surface area (Å²) < 4.78 is 9.80. The molecule has 0 unspecified atom stereocenters. The van der Waals surface area contributed by atoms with Crippen LogP contribution in [-0.2, 0) is 11.3 Å². The molecule has 6 fully saturated rings. The average Bonchev–Trinajstić information content (AvgIpc) is 2.86. The highest BCUT2D eigenvalue weighted by molar-refractivity contribution is 5.89. The normalized spacial score (nSPS) is 35.1. The van der Waals surface area contributed by atoms with Crippen molar-refractivity contribution in [1.29, 1.82) is 0 Å². The van der Waals surface area contributed by atoms with Gasteiger partial charge in [0.05, 0.1) is 38.3 Å². The second-order valence-corrected chi connectivity index (χ2v) is 13.8. The third kappa shape index (κ3) is 5.47. The molecular weight excluding hydrogens is 434 g/mol. The standard InChI is InChI=1S/C30H50N3O2/c1-25(30(2,3)4)35-29(34)28-8-5-7-27(23-28)24-33-20-17-32(18-21-33,19-22-33)13-6-12-31-14-9-26(10-15-31)11-16-31/h5,7-8,23,25-26H,6,9-22,24H2,1-4H3/q+3/t25-,26?,31?,32?,33?/m1/s1. The first kappa shape index (κ1) is 25.2. The molecule has 0 aliphatic carbocycles. The number of hydrogen-bond donors (Lipinski definition) is 0. The molecule has 194 valence electrons. The summed E-state index contributed by atoms with van der Waals surface area (Å²) in [4.78, 5) is 12.8. The summed E-state index contributed by atoms with van der Waals surface area (Å²) >= 11 is 0. The smallest absolute Gasteiger partial charge is 0.338 e. The lowest BCUT2D eigenvalue weighted by Gasteiger charge is -2.56. The summed E-state index contributed by atoms with van der Waals surface area (Å²) in [7, 11) is 0. The van der Waals surface area contributed by atoms with Gasteiger partial charge in [-0.25, -0.2) is 4.79 Å². The minimum atomic E-state index is -0.188. The number of benzene rings is 1. The molecule has 0 aromatic heterocycles. The lowest BCUT2D eigenvalue weighted by Crippen LogP contribution is -2.74. The third-order valence-electron chi connectivity index (χ3n) is 10.6. The van der Waals surface area contributed by atoms with Crippen LogP contribution in [0.25, 0.3) is 0 Å². The van der Waals surface area contributed by atoms with Crippen molar-refractivity contribution in [2.75, 3.05) is 72.0 Å². The fraction of sp³-hybridized carbons (Fsp3) is 0.767. The van der Waals surface area contributed by atoms with Crippen LogP contribution < -0.4 is 0 Å². The van der Waals surface area contributed by atoms with E-state index in [-0.39, 0.29) is 17.5 Å². The van der Waals surface area contributed by atoms with Crippen molar-refractivity contribution in [3.8, 4) is 0 Å². The monoisotopic (exact) mass is 484 g/mol. The fourth-order valence-electron chi connectivity index (χ4n) is 7.32. The Morgan fingerprint density at radius 3 is 2.00 bits per heavy atom. The van der Waals surface area contributed by atoms with Gasteiger partial charge in [0.1, 0.15) is 51.9 Å². The first-order valence-electron chi connectivity index (χ1n) is 14.5. The molecule has 5 nitrogen and oxygen atoms in total. The van der Waals surface area contributed by atoms with Crippen molar-refractivity contribution < 1.29 is 23.0 Å². The van der Waals surface area contributed by atoms with E-state index < -0.39 is 0 Å². The summed E-state index contributed by atoms with van der Waals surface area (Å²) in [6, 6.07) is 8.24. The Bertz CT molecular complexity index is 874. The number of hydrogen-bond acceptors (Lipinski definition) is 2. The Balaban J connectivity index is 1.14. The Morgan fingerprint density at radius 1 is 0.886 bits per heavy atom. The molecule has 6 aliphatic heterocycles. The summed E-state index contributed by atoms with van der Waals surface area (Å²) in [6.07, 6.45) is 5.79. The van der Waals surface area contributed by atoms with Gasteiger partial charge >= 0.3 is 5.97 Å². The van der Waals surface area contributed by atoms with E-state index in [4.69, 9.17) is 4.74 Å². The van der Waals surface area contributed by atoms with E-state index in [1.165, 1.54) is 117 Å². The van der Waals surface area contributed by atoms with Crippen LogP contribution in [0.1, 0.15) is 69.3 Å². The third-order valence-corrected chi connectivity index (χ3v) is 10.6. The van der Waals surface area contributed by atoms with Crippen LogP contribution in [0.15, 0.2) is 24.3 Å². The van der Waals surface area contributed by atoms with Crippen molar-refractivity contribution in [3.63, 3.8) is 0 Å². The SMILES string of the molecule is C[C@@H](OC(=O)c1cccc(C[N+]23CC[N+](CCC[N+]45CCC(CC4)CC5)(CC2)CC3)c1)C(C)(C)C. The first-order chi connectivity index (χ1) is 16.6. The molecular formula is C30H50N3O2+3. The summed E-state index contributed by atoms with van der Waals surface area (Å²) in [5.74, 6) is 0.872. The van der Waals surface area contributed by atoms with Gasteiger partial charge < -0.3 is 18.2 Å². The molecule has 1 aromatic rings. The zero-order valence-corrected chi connectivity index (χ0v) is 22.9. The highest BCUT2D eigenvalue weighted by Gasteiger charge is 2.49. The maximum Gasteiger partial charge on any atom is 0.338 e. The van der Waals surface area contributed by atoms with Crippen LogP contribution >= 0.6 is 0 Å². The van der Waals surface area contributed by atoms with E-state index in [1.54, 1.807) is 0 Å². The molecule has 6 aliphatic rings. The predicted octanol–water partition coefficient (Wildman–Crippen LogP) is 4.46. The summed E-state index contributed by atoms with van der Waals surface area (Å²) in [5, 5.41) is 0. The highest BCUT2D eigenvalue weighted by Crippen LogP contribution is 2.35. The van der Waals surface area contributed by atoms with Gasteiger partial charge in [-0.3, -0.25) is 0 Å². The van der Waals surface area contributed by atoms with Crippen LogP contribution in [-0.4, -0.2) is 97.5 Å². The molecule has 0 N–H and O–H groups in total. The van der Waals surface area contributed by atoms with Gasteiger partial charge in [-0.15, -0.1) is 0 Å². The van der Waals surface area contributed by atoms with Crippen LogP contribution in [0.5, 0.6) is 0 Å². The van der Waals surface area contributed by atoms with E-state index in [1.807, 2.05) is 19.1 Å². The molecule has 0 saturated carbocycles. The average molecular weight is 485 g/mol. The number of piperidine rings is 3. The van der Waals surface area contributed by atoms with E-state index in [0.29, 0.717) is 5.56 Å². The quantitative estimate of drug-likeness (QED) is 0.402. The van der Waals surface area contributed by atoms with Gasteiger partial charge in [-0.1, -0.05) is 32.9 Å². The maximum absolute atomic E-state index is 12.8. The number of piperazine rings is 3. The van der Waals surface area contributed by atoms with Gasteiger partial charge in [0.25, 0.3) is 0 Å². The van der Waals surface area contributed by atoms with Crippen molar-refractivity contribution in [1.82, 2.24) is 0 Å². The second kappa shape index (κ2) is 9.46. The van der Waals surface area contributed by atoms with Crippen LogP contribution in [0.3, 0.4) is 0 Å². The van der Waals surface area contributed by atoms with Crippen LogP contribution in [0.4, 0.5) is 0 Å². The second-order valence-electron chi connectivity index (χ2n) is 13.8. The molecule has 6 heterocycles. The van der Waals surface area contributed by atoms with Gasteiger partial charge in [0, 0.05) is 12.0 Å². The molecule has 0 radical (unpaired) electrons. The summed E-state index contributed by atoms with van der Waals surface area (Å²) in [5.41, 5.74) is 1.94. The number of rotatable bonds is 8. The number of esters is 1. The Hall–Kier alpha value is -1.43. The van der Waals surface area contributed by atoms with Crippen LogP contribution in [0.2, 0.25) is 0 Å². The minimum Gasteiger partial charge on any atom is -0.459 e. The van der Waals surface area contributed by atoms with E-state index in [0.717, 1.165) is 12.5 Å². The lowest BCUT2D eigenvalue weighted by atomic mass is 9.85. The Morgan fingerprint density at radius 2 is 1.43 bits per heavy atom. The topological polar surface area (TPSA) is 26.3 Å². The van der Waals surface area contributed by atoms with E-state index in [2.05, 4.69) is 32.9 Å². The predicted molar refractivity (Wildman–Crippen MR) is 141 cm³/mol. The lowest BCUT2D eigenvalue weighted by molar-refractivity contribution is -1.09. The number of carbonyl (C=O) groups excluding carboxylic acids is 1. The molecule has 6 saturated heterocycles. The highest BCUT2D eigenvalue weighted by atomic mass is 16.5. The first-order valence-corrected chi connectivity index (χ1v) is 14.5. The van der Waals surface area contributed by atoms with Crippen molar-refractivity contribution >= 4 is 5.97 Å². The maximum atomic E-state index is 12.8. The van der Waals surface area contributed by atoms with E-state index >= 15 is 0 Å². The zero-order chi connectivity index (χ0) is 24.7. The number of quaternary nitrogens is 3. The van der Waals surface area contributed by atoms with Gasteiger partial charge in [0.2, 0.25) is 0 Å². The molecule has 35 heavy (non-hydrogen) atoms. The number of nitrogens with zero attached hydrogens (tertiary/aromatic N) is 3. The van der Waals surface area contributed by atoms with Gasteiger partial charge in [0.15, 0.2) is 0 Å². The molecule has 4 bridgehead atoms. The molecule has 1 aromatic carbocycles. The molecule has 1 atom stereocenters. The summed E-state index contributed by atoms with van der Waals surface area (Å²) in [6.45, 7) is 24.5. The number of carbonyl (C=O) groups is 1. The van der Waals surface area contributed by atoms with Crippen molar-refractivity contribution in [2.24, 2.45) is 11.3 Å². The number of ether oxygens (including phenoxy) is 1. The minimum absolute atomic E-state index is 0.0490. The zero-order valence-electron chi connectivity index (χ0n) is 22.9. The Kier molecular flexibility index (Phi) is 6.82. The molecule has 7 rings (SSSR count). The van der Waals surface area contributed by atoms with Crippen molar-refractivity contribution in [2.45, 2.75) is 66.0 Å². The largest absolute Gasteiger partial charge is 0.459 e. The van der Waals surface area contributed by atoms with E-state index in [9.17, 15) is 4.79 Å². The van der Waals surface area contributed by atoms with Crippen LogP contribution in [0, 0.1) is 11.3 Å².